The van der Waals surface area contributed by atoms with Crippen LogP contribution in [0.15, 0.2) is 71.6 Å². The lowest BCUT2D eigenvalue weighted by Gasteiger charge is -2.33. The van der Waals surface area contributed by atoms with Gasteiger partial charge in [0.2, 0.25) is 11.8 Å². The molecule has 0 aliphatic heterocycles. The Balaban J connectivity index is 2.08. The molecule has 3 rings (SSSR count). The van der Waals surface area contributed by atoms with E-state index in [4.69, 9.17) is 23.2 Å². The first-order valence-electron chi connectivity index (χ1n) is 12.8. The van der Waals surface area contributed by atoms with E-state index >= 15 is 0 Å². The number of anilines is 1. The van der Waals surface area contributed by atoms with Crippen molar-refractivity contribution >= 4 is 50.7 Å². The fourth-order valence-electron chi connectivity index (χ4n) is 4.09. The molecule has 2 amide bonds. The van der Waals surface area contributed by atoms with Crippen LogP contribution in [0.4, 0.5) is 5.69 Å². The van der Waals surface area contributed by atoms with Gasteiger partial charge in [0.1, 0.15) is 12.6 Å². The minimum absolute atomic E-state index is 0.00861. The molecule has 0 saturated heterocycles. The number of nitrogens with zero attached hydrogens (tertiary/aromatic N) is 2. The number of carbonyl (C=O) groups excluding carboxylic acids is 2. The average molecular weight is 605 g/mol. The molecule has 0 bridgehead atoms. The first kappa shape index (κ1) is 31.5. The van der Waals surface area contributed by atoms with Crippen molar-refractivity contribution in [1.82, 2.24) is 10.2 Å². The third-order valence-electron chi connectivity index (χ3n) is 6.17. The van der Waals surface area contributed by atoms with Gasteiger partial charge in [-0.3, -0.25) is 13.9 Å². The number of hydrogen-bond acceptors (Lipinski definition) is 4. The van der Waals surface area contributed by atoms with E-state index in [0.717, 1.165) is 21.0 Å². The van der Waals surface area contributed by atoms with Crippen molar-refractivity contribution in [3.8, 4) is 0 Å². The van der Waals surface area contributed by atoms with Gasteiger partial charge >= 0.3 is 0 Å². The van der Waals surface area contributed by atoms with E-state index in [1.165, 1.54) is 35.2 Å². The summed E-state index contributed by atoms with van der Waals surface area (Å²) in [4.78, 5) is 28.6. The molecular weight excluding hydrogens is 569 g/mol. The van der Waals surface area contributed by atoms with Gasteiger partial charge in [0.25, 0.3) is 10.0 Å². The average Bonchev–Trinajstić information content (AvgIpc) is 2.86. The van der Waals surface area contributed by atoms with Gasteiger partial charge in [-0.1, -0.05) is 70.7 Å². The van der Waals surface area contributed by atoms with E-state index in [1.807, 2.05) is 58.9 Å². The number of rotatable bonds is 9. The second kappa shape index (κ2) is 12.6. The minimum Gasteiger partial charge on any atom is -0.350 e. The van der Waals surface area contributed by atoms with Crippen LogP contribution in [0.3, 0.4) is 0 Å². The van der Waals surface area contributed by atoms with Crippen LogP contribution in [0.2, 0.25) is 10.0 Å². The molecule has 0 saturated carbocycles. The van der Waals surface area contributed by atoms with Crippen LogP contribution in [-0.4, -0.2) is 43.3 Å². The van der Waals surface area contributed by atoms with Crippen LogP contribution in [0, 0.1) is 13.8 Å². The van der Waals surface area contributed by atoms with Crippen molar-refractivity contribution in [1.29, 1.82) is 0 Å². The molecule has 7 nitrogen and oxygen atoms in total. The normalized spacial score (nSPS) is 12.5. The quantitative estimate of drug-likeness (QED) is 0.318. The zero-order chi connectivity index (χ0) is 29.8. The summed E-state index contributed by atoms with van der Waals surface area (Å²) >= 11 is 12.7. The molecule has 0 fully saturated rings. The fourth-order valence-corrected chi connectivity index (χ4v) is 5.95. The summed E-state index contributed by atoms with van der Waals surface area (Å²) in [6.45, 7) is 10.4. The summed E-state index contributed by atoms with van der Waals surface area (Å²) in [7, 11) is -4.25. The number of sulfonamides is 1. The number of aryl methyl sites for hydroxylation is 2. The fraction of sp³-hybridized carbons (Fsp3) is 0.333. The van der Waals surface area contributed by atoms with Gasteiger partial charge < -0.3 is 10.2 Å². The molecule has 40 heavy (non-hydrogen) atoms. The predicted molar refractivity (Wildman–Crippen MR) is 161 cm³/mol. The molecule has 1 N–H and O–H groups in total. The largest absolute Gasteiger partial charge is 0.350 e. The number of halogens is 2. The highest BCUT2D eigenvalue weighted by molar-refractivity contribution is 7.92. The lowest BCUT2D eigenvalue weighted by Crippen LogP contribution is -2.54. The van der Waals surface area contributed by atoms with E-state index in [-0.39, 0.29) is 33.1 Å². The standard InChI is InChI=1S/C30H35Cl2N3O4S/c1-20-10-13-25(14-11-20)40(38,39)35(27-17-24(31)12-15-26(27)32)19-28(36)34(18-23-9-7-8-21(2)16-23)22(3)29(37)33-30(4,5)6/h7-17,22H,18-19H2,1-6H3,(H,33,37)/t22-/m0/s1. The lowest BCUT2D eigenvalue weighted by molar-refractivity contribution is -0.140. The molecule has 3 aromatic rings. The van der Waals surface area contributed by atoms with Crippen molar-refractivity contribution in [2.45, 2.75) is 64.6 Å². The molecular formula is C30H35Cl2N3O4S. The molecule has 0 unspecified atom stereocenters. The molecule has 214 valence electrons. The topological polar surface area (TPSA) is 86.8 Å². The van der Waals surface area contributed by atoms with E-state index in [1.54, 1.807) is 19.1 Å². The van der Waals surface area contributed by atoms with Crippen LogP contribution in [0.1, 0.15) is 44.4 Å². The van der Waals surface area contributed by atoms with Crippen molar-refractivity contribution in [2.75, 3.05) is 10.8 Å². The van der Waals surface area contributed by atoms with Crippen molar-refractivity contribution in [3.63, 3.8) is 0 Å². The summed E-state index contributed by atoms with van der Waals surface area (Å²) in [6, 6.07) is 17.4. The van der Waals surface area contributed by atoms with Crippen LogP contribution < -0.4 is 9.62 Å². The third kappa shape index (κ3) is 7.99. The predicted octanol–water partition coefficient (Wildman–Crippen LogP) is 6.14. The first-order chi connectivity index (χ1) is 18.6. The summed E-state index contributed by atoms with van der Waals surface area (Å²) in [5.74, 6) is -0.938. The van der Waals surface area contributed by atoms with Crippen molar-refractivity contribution in [2.24, 2.45) is 0 Å². The number of benzene rings is 3. The summed E-state index contributed by atoms with van der Waals surface area (Å²) in [5.41, 5.74) is 2.21. The van der Waals surface area contributed by atoms with Gasteiger partial charge in [-0.25, -0.2) is 8.42 Å². The van der Waals surface area contributed by atoms with Gasteiger partial charge in [-0.2, -0.15) is 0 Å². The van der Waals surface area contributed by atoms with Gasteiger partial charge in [0.05, 0.1) is 15.6 Å². The second-order valence-corrected chi connectivity index (χ2v) is 13.6. The monoisotopic (exact) mass is 603 g/mol. The smallest absolute Gasteiger partial charge is 0.264 e. The summed E-state index contributed by atoms with van der Waals surface area (Å²) in [6.07, 6.45) is 0. The molecule has 3 aromatic carbocycles. The molecule has 0 spiro atoms. The molecule has 0 aliphatic rings. The Kier molecular flexibility index (Phi) is 9.93. The molecule has 0 aromatic heterocycles. The maximum Gasteiger partial charge on any atom is 0.264 e. The van der Waals surface area contributed by atoms with Crippen molar-refractivity contribution in [3.05, 3.63) is 93.5 Å². The van der Waals surface area contributed by atoms with Crippen LogP contribution in [0.25, 0.3) is 0 Å². The van der Waals surface area contributed by atoms with Crippen LogP contribution in [-0.2, 0) is 26.2 Å². The first-order valence-corrected chi connectivity index (χ1v) is 15.0. The number of hydrogen-bond donors (Lipinski definition) is 1. The zero-order valence-corrected chi connectivity index (χ0v) is 25.9. The number of carbonyl (C=O) groups is 2. The minimum atomic E-state index is -4.25. The highest BCUT2D eigenvalue weighted by Crippen LogP contribution is 2.33. The Bertz CT molecular complexity index is 1490. The molecule has 0 aliphatic carbocycles. The lowest BCUT2D eigenvalue weighted by atomic mass is 10.1. The van der Waals surface area contributed by atoms with E-state index in [2.05, 4.69) is 5.32 Å². The number of amides is 2. The van der Waals surface area contributed by atoms with Crippen LogP contribution >= 0.6 is 23.2 Å². The Morgan fingerprint density at radius 3 is 2.17 bits per heavy atom. The molecule has 1 atom stereocenters. The van der Waals surface area contributed by atoms with Crippen LogP contribution in [0.5, 0.6) is 0 Å². The summed E-state index contributed by atoms with van der Waals surface area (Å²) in [5, 5.41) is 3.27. The van der Waals surface area contributed by atoms with E-state index < -0.39 is 34.1 Å². The Hall–Kier alpha value is -3.07. The van der Waals surface area contributed by atoms with Gasteiger partial charge in [-0.05, 0) is 77.4 Å². The molecule has 10 heteroatoms. The summed E-state index contributed by atoms with van der Waals surface area (Å²) < 4.78 is 28.8. The van der Waals surface area contributed by atoms with Gasteiger partial charge in [0.15, 0.2) is 0 Å². The molecule has 0 heterocycles. The zero-order valence-electron chi connectivity index (χ0n) is 23.5. The van der Waals surface area contributed by atoms with Gasteiger partial charge in [0, 0.05) is 17.1 Å². The highest BCUT2D eigenvalue weighted by Gasteiger charge is 2.34. The van der Waals surface area contributed by atoms with E-state index in [0.29, 0.717) is 0 Å². The Labute approximate surface area is 247 Å². The second-order valence-electron chi connectivity index (χ2n) is 10.8. The Morgan fingerprint density at radius 1 is 0.925 bits per heavy atom. The number of nitrogens with one attached hydrogen (secondary N) is 1. The molecule has 0 radical (unpaired) electrons. The van der Waals surface area contributed by atoms with E-state index in [9.17, 15) is 18.0 Å². The SMILES string of the molecule is Cc1ccc(S(=O)(=O)N(CC(=O)N(Cc2cccc(C)c2)[C@@H](C)C(=O)NC(C)(C)C)c2cc(Cl)ccc2Cl)cc1. The highest BCUT2D eigenvalue weighted by atomic mass is 35.5. The van der Waals surface area contributed by atoms with Crippen molar-refractivity contribution < 1.29 is 18.0 Å². The maximum atomic E-state index is 14.0. The third-order valence-corrected chi connectivity index (χ3v) is 8.49. The van der Waals surface area contributed by atoms with Gasteiger partial charge in [-0.15, -0.1) is 0 Å². The maximum absolute atomic E-state index is 14.0. The Morgan fingerprint density at radius 2 is 1.57 bits per heavy atom.